The van der Waals surface area contributed by atoms with Gasteiger partial charge in [0.2, 0.25) is 0 Å². The summed E-state index contributed by atoms with van der Waals surface area (Å²) in [4.78, 5) is 20.6. The lowest BCUT2D eigenvalue weighted by Crippen LogP contribution is -2.54. The number of nitrogens with zero attached hydrogens (tertiary/aromatic N) is 3. The Labute approximate surface area is 278 Å². The molecule has 6 nitrogen and oxygen atoms in total. The molecule has 2 bridgehead atoms. The molecule has 1 aromatic heterocycles. The predicted molar refractivity (Wildman–Crippen MR) is 185 cm³/mol. The van der Waals surface area contributed by atoms with Crippen molar-refractivity contribution in [2.45, 2.75) is 88.8 Å². The summed E-state index contributed by atoms with van der Waals surface area (Å²) >= 11 is 6.05. The smallest absolute Gasteiger partial charge is 0.266 e. The van der Waals surface area contributed by atoms with E-state index < -0.39 is 5.60 Å². The van der Waals surface area contributed by atoms with Gasteiger partial charge in [-0.1, -0.05) is 54.1 Å². The second kappa shape index (κ2) is 12.7. The molecule has 1 saturated heterocycles. The van der Waals surface area contributed by atoms with Crippen molar-refractivity contribution in [1.29, 1.82) is 0 Å². The Morgan fingerprint density at radius 3 is 2.30 bits per heavy atom. The van der Waals surface area contributed by atoms with Crippen molar-refractivity contribution in [2.75, 3.05) is 19.6 Å². The van der Waals surface area contributed by atoms with Crippen molar-refractivity contribution < 1.29 is 9.53 Å². The minimum absolute atomic E-state index is 0.0384. The van der Waals surface area contributed by atoms with E-state index in [1.54, 1.807) is 12.1 Å². The highest BCUT2D eigenvalue weighted by Gasteiger charge is 2.45. The number of nitrogens with one attached hydrogen (secondary N) is 1. The topological polar surface area (TPSA) is 59.4 Å². The first kappa shape index (κ1) is 31.3. The van der Waals surface area contributed by atoms with E-state index in [0.29, 0.717) is 34.7 Å². The summed E-state index contributed by atoms with van der Waals surface area (Å²) in [5, 5.41) is 4.75. The Kier molecular flexibility index (Phi) is 8.62. The number of para-hydroxylation sites is 2. The fourth-order valence-corrected chi connectivity index (χ4v) is 9.10. The van der Waals surface area contributed by atoms with Gasteiger partial charge < -0.3 is 19.5 Å². The third kappa shape index (κ3) is 6.06. The summed E-state index contributed by atoms with van der Waals surface area (Å²) in [7, 11) is 0. The summed E-state index contributed by atoms with van der Waals surface area (Å²) in [5.74, 6) is 3.25. The van der Waals surface area contributed by atoms with E-state index in [1.807, 2.05) is 30.9 Å². The molecule has 3 aromatic carbocycles. The number of benzene rings is 3. The Hall–Kier alpha value is -3.35. The van der Waals surface area contributed by atoms with Crippen LogP contribution in [0.4, 0.5) is 0 Å². The highest BCUT2D eigenvalue weighted by molar-refractivity contribution is 6.30. The lowest BCUT2D eigenvalue weighted by atomic mass is 9.70. The normalized spacial score (nSPS) is 24.3. The number of amides is 1. The number of fused-ring (bicyclic) bond motifs is 3. The summed E-state index contributed by atoms with van der Waals surface area (Å²) in [6, 6.07) is 28.0. The molecule has 2 unspecified atom stereocenters. The summed E-state index contributed by atoms with van der Waals surface area (Å²) in [6.45, 7) is 8.37. The molecule has 2 heterocycles. The van der Waals surface area contributed by atoms with Gasteiger partial charge in [-0.15, -0.1) is 0 Å². The van der Waals surface area contributed by atoms with Crippen LogP contribution < -0.4 is 10.1 Å². The van der Waals surface area contributed by atoms with Gasteiger partial charge in [0.05, 0.1) is 11.0 Å². The van der Waals surface area contributed by atoms with E-state index in [9.17, 15) is 4.79 Å². The van der Waals surface area contributed by atoms with Gasteiger partial charge in [0.1, 0.15) is 11.6 Å². The first-order chi connectivity index (χ1) is 22.2. The van der Waals surface area contributed by atoms with E-state index in [4.69, 9.17) is 21.3 Å². The van der Waals surface area contributed by atoms with Crippen LogP contribution in [-0.4, -0.2) is 51.6 Å². The largest absolute Gasteiger partial charge is 0.478 e. The van der Waals surface area contributed by atoms with Gasteiger partial charge in [0, 0.05) is 30.2 Å². The summed E-state index contributed by atoms with van der Waals surface area (Å²) in [5.41, 5.74) is 2.89. The highest BCUT2D eigenvalue weighted by Crippen LogP contribution is 2.48. The lowest BCUT2D eigenvalue weighted by Gasteiger charge is -2.45. The monoisotopic (exact) mass is 638 g/mol. The van der Waals surface area contributed by atoms with E-state index >= 15 is 0 Å². The number of piperidine rings is 1. The molecule has 0 radical (unpaired) electrons. The molecule has 1 N–H and O–H groups in total. The van der Waals surface area contributed by atoms with Gasteiger partial charge in [-0.05, 0) is 131 Å². The molecule has 4 atom stereocenters. The highest BCUT2D eigenvalue weighted by atomic mass is 35.5. The molecule has 7 heteroatoms. The molecular weight excluding hydrogens is 592 g/mol. The molecule has 2 saturated carbocycles. The van der Waals surface area contributed by atoms with Crippen LogP contribution >= 0.6 is 11.6 Å². The van der Waals surface area contributed by atoms with Gasteiger partial charge in [0.15, 0.2) is 5.60 Å². The van der Waals surface area contributed by atoms with Gasteiger partial charge in [-0.25, -0.2) is 4.98 Å². The lowest BCUT2D eigenvalue weighted by molar-refractivity contribution is -0.147. The van der Waals surface area contributed by atoms with Crippen LogP contribution in [0.3, 0.4) is 0 Å². The zero-order valence-corrected chi connectivity index (χ0v) is 28.2. The quantitative estimate of drug-likeness (QED) is 0.201. The third-order valence-corrected chi connectivity index (χ3v) is 11.5. The number of aromatic nitrogens is 2. The Morgan fingerprint density at radius 1 is 0.957 bits per heavy atom. The maximum atomic E-state index is 13.7. The number of aryl methyl sites for hydroxylation is 1. The third-order valence-electron chi connectivity index (χ3n) is 11.3. The van der Waals surface area contributed by atoms with E-state index in [0.717, 1.165) is 50.2 Å². The Balaban J connectivity index is 0.994. The van der Waals surface area contributed by atoms with Crippen molar-refractivity contribution in [3.8, 4) is 5.75 Å². The van der Waals surface area contributed by atoms with Crippen LogP contribution in [0.2, 0.25) is 5.02 Å². The second-order valence-corrected chi connectivity index (χ2v) is 14.9. The van der Waals surface area contributed by atoms with Gasteiger partial charge in [0.25, 0.3) is 5.91 Å². The number of hydrogen-bond acceptors (Lipinski definition) is 4. The molecule has 4 aromatic rings. The predicted octanol–water partition coefficient (Wildman–Crippen LogP) is 8.13. The number of rotatable bonds is 9. The van der Waals surface area contributed by atoms with Crippen molar-refractivity contribution >= 4 is 28.5 Å². The second-order valence-electron chi connectivity index (χ2n) is 14.5. The fourth-order valence-electron chi connectivity index (χ4n) is 8.98. The maximum absolute atomic E-state index is 13.7. The molecule has 1 amide bonds. The maximum Gasteiger partial charge on any atom is 0.266 e. The zero-order valence-electron chi connectivity index (χ0n) is 27.4. The van der Waals surface area contributed by atoms with Crippen molar-refractivity contribution in [2.24, 2.45) is 11.8 Å². The number of carbonyl (C=O) groups is 1. The number of ether oxygens (including phenoxy) is 1. The zero-order chi connectivity index (χ0) is 31.9. The molecule has 242 valence electrons. The van der Waals surface area contributed by atoms with Crippen LogP contribution in [0, 0.1) is 18.8 Å². The molecule has 0 spiro atoms. The first-order valence-corrected chi connectivity index (χ1v) is 17.6. The number of likely N-dealkylation sites (tertiary alicyclic amines) is 1. The van der Waals surface area contributed by atoms with Gasteiger partial charge >= 0.3 is 0 Å². The van der Waals surface area contributed by atoms with Crippen LogP contribution in [0.1, 0.15) is 76.2 Å². The SMILES string of the molecule is Cc1nc2ccccc2n1C1C[C@H]2CC[C@@H](C1)C2NCCC1(c2ccccc2)CCN(C(=O)C(C)(C)Oc2ccc(Cl)cc2)CC1. The van der Waals surface area contributed by atoms with E-state index in [2.05, 4.69) is 71.4 Å². The van der Waals surface area contributed by atoms with E-state index in [1.165, 1.54) is 36.8 Å². The first-order valence-electron chi connectivity index (χ1n) is 17.2. The average Bonchev–Trinajstić information content (AvgIpc) is 3.52. The van der Waals surface area contributed by atoms with Gasteiger partial charge in [-0.2, -0.15) is 0 Å². The average molecular weight is 639 g/mol. The number of imidazole rings is 1. The van der Waals surface area contributed by atoms with Crippen LogP contribution in [-0.2, 0) is 10.2 Å². The number of halogens is 1. The Morgan fingerprint density at radius 2 is 1.61 bits per heavy atom. The molecule has 3 fully saturated rings. The number of hydrogen-bond donors (Lipinski definition) is 1. The fraction of sp³-hybridized carbons (Fsp3) is 0.487. The molecule has 1 aliphatic heterocycles. The van der Waals surface area contributed by atoms with Crippen LogP contribution in [0.5, 0.6) is 5.75 Å². The Bertz CT molecular complexity index is 1640. The molecule has 46 heavy (non-hydrogen) atoms. The molecular formula is C39H47ClN4O2. The van der Waals surface area contributed by atoms with Crippen molar-refractivity contribution in [3.05, 3.63) is 95.3 Å². The van der Waals surface area contributed by atoms with Crippen molar-refractivity contribution in [1.82, 2.24) is 19.8 Å². The minimum atomic E-state index is -0.957. The number of carbonyl (C=O) groups excluding carboxylic acids is 1. The summed E-state index contributed by atoms with van der Waals surface area (Å²) in [6.07, 6.45) is 8.07. The minimum Gasteiger partial charge on any atom is -0.478 e. The standard InChI is InChI=1S/C39H47ClN4O2/c1-27-42-34-11-7-8-12-35(34)44(27)32-25-28-13-14-29(26-32)36(28)41-22-19-39(30-9-5-4-6-10-30)20-23-43(24-21-39)37(45)38(2,3)46-33-17-15-31(40)16-18-33/h4-12,15-18,28-29,32,36,41H,13-14,19-26H2,1-3H3/t28-,29+,32?,36?. The van der Waals surface area contributed by atoms with Crippen molar-refractivity contribution in [3.63, 3.8) is 0 Å². The van der Waals surface area contributed by atoms with Gasteiger partial charge in [-0.3, -0.25) is 4.79 Å². The molecule has 7 rings (SSSR count). The summed E-state index contributed by atoms with van der Waals surface area (Å²) < 4.78 is 8.69. The van der Waals surface area contributed by atoms with Crippen LogP contribution in [0.25, 0.3) is 11.0 Å². The molecule has 3 aliphatic rings. The van der Waals surface area contributed by atoms with E-state index in [-0.39, 0.29) is 11.3 Å². The molecule has 2 aliphatic carbocycles. The van der Waals surface area contributed by atoms with Crippen LogP contribution in [0.15, 0.2) is 78.9 Å².